The van der Waals surface area contributed by atoms with Crippen LogP contribution in [0, 0.1) is 17.7 Å². The second-order valence-corrected chi connectivity index (χ2v) is 4.82. The maximum atomic E-state index is 13.3. The van der Waals surface area contributed by atoms with E-state index in [0.29, 0.717) is 11.8 Å². The molecule has 0 bridgehead atoms. The minimum atomic E-state index is -0.709. The van der Waals surface area contributed by atoms with E-state index in [1.807, 2.05) is 0 Å². The number of methoxy groups -OCH3 is 1. The van der Waals surface area contributed by atoms with Gasteiger partial charge in [-0.05, 0) is 42.4 Å². The SMILES string of the molecule is COc1cc(C2(O)C3CCCC32)ccc1F. The van der Waals surface area contributed by atoms with E-state index < -0.39 is 5.60 Å². The quantitative estimate of drug-likeness (QED) is 0.832. The lowest BCUT2D eigenvalue weighted by atomic mass is 9.99. The predicted octanol–water partition coefficient (Wildman–Crippen LogP) is 2.45. The van der Waals surface area contributed by atoms with Gasteiger partial charge in [0.05, 0.1) is 12.7 Å². The lowest BCUT2D eigenvalue weighted by Gasteiger charge is -2.15. The van der Waals surface area contributed by atoms with Crippen LogP contribution >= 0.6 is 0 Å². The fourth-order valence-electron chi connectivity index (χ4n) is 3.26. The first-order valence-electron chi connectivity index (χ1n) is 5.74. The minimum absolute atomic E-state index is 0.218. The summed E-state index contributed by atoms with van der Waals surface area (Å²) >= 11 is 0. The molecule has 2 nitrogen and oxygen atoms in total. The fraction of sp³-hybridized carbons (Fsp3) is 0.538. The Morgan fingerprint density at radius 3 is 2.69 bits per heavy atom. The molecule has 1 aromatic rings. The first kappa shape index (κ1) is 10.1. The van der Waals surface area contributed by atoms with E-state index in [4.69, 9.17) is 4.74 Å². The normalized spacial score (nSPS) is 35.9. The molecular weight excluding hydrogens is 207 g/mol. The Bertz CT molecular complexity index is 420. The Labute approximate surface area is 94.0 Å². The maximum absolute atomic E-state index is 13.3. The molecule has 0 radical (unpaired) electrons. The Morgan fingerprint density at radius 1 is 1.38 bits per heavy atom. The zero-order valence-corrected chi connectivity index (χ0v) is 9.24. The molecule has 0 heterocycles. The van der Waals surface area contributed by atoms with Crippen LogP contribution in [0.5, 0.6) is 5.75 Å². The first-order valence-corrected chi connectivity index (χ1v) is 5.74. The molecule has 86 valence electrons. The Kier molecular flexibility index (Phi) is 2.02. The van der Waals surface area contributed by atoms with E-state index in [-0.39, 0.29) is 11.6 Å². The lowest BCUT2D eigenvalue weighted by Crippen LogP contribution is -2.13. The van der Waals surface area contributed by atoms with Crippen LogP contribution in [0.4, 0.5) is 4.39 Å². The minimum Gasteiger partial charge on any atom is -0.494 e. The molecule has 2 saturated carbocycles. The summed E-state index contributed by atoms with van der Waals surface area (Å²) in [5.41, 5.74) is 0.0969. The number of rotatable bonds is 2. The molecule has 2 aliphatic rings. The van der Waals surface area contributed by atoms with Crippen LogP contribution in [-0.4, -0.2) is 12.2 Å². The van der Waals surface area contributed by atoms with Crippen LogP contribution in [0.1, 0.15) is 24.8 Å². The second-order valence-electron chi connectivity index (χ2n) is 4.82. The molecule has 16 heavy (non-hydrogen) atoms. The highest BCUT2D eigenvalue weighted by Gasteiger charge is 2.66. The number of hydrogen-bond donors (Lipinski definition) is 1. The predicted molar refractivity (Wildman–Crippen MR) is 57.7 cm³/mol. The standard InChI is InChI=1S/C13H15FO2/c1-16-12-7-8(5-6-11(12)14)13(15)9-3-2-4-10(9)13/h5-7,9-10,15H,2-4H2,1H3. The lowest BCUT2D eigenvalue weighted by molar-refractivity contribution is 0.105. The second kappa shape index (κ2) is 3.20. The molecule has 2 aliphatic carbocycles. The van der Waals surface area contributed by atoms with E-state index in [0.717, 1.165) is 18.4 Å². The molecule has 1 aromatic carbocycles. The molecule has 1 N–H and O–H groups in total. The first-order chi connectivity index (χ1) is 7.67. The Hall–Kier alpha value is -1.09. The molecule has 2 unspecified atom stereocenters. The van der Waals surface area contributed by atoms with E-state index in [2.05, 4.69) is 0 Å². The summed E-state index contributed by atoms with van der Waals surface area (Å²) in [4.78, 5) is 0. The summed E-state index contributed by atoms with van der Waals surface area (Å²) in [5.74, 6) is 0.599. The molecular formula is C13H15FO2. The summed E-state index contributed by atoms with van der Waals surface area (Å²) < 4.78 is 18.2. The number of benzene rings is 1. The highest BCUT2D eigenvalue weighted by Crippen LogP contribution is 2.66. The van der Waals surface area contributed by atoms with Gasteiger partial charge in [-0.2, -0.15) is 0 Å². The van der Waals surface area contributed by atoms with Crippen molar-refractivity contribution in [1.29, 1.82) is 0 Å². The molecule has 0 aliphatic heterocycles. The highest BCUT2D eigenvalue weighted by atomic mass is 19.1. The third-order valence-electron chi connectivity index (χ3n) is 4.15. The average Bonchev–Trinajstić information content (AvgIpc) is 2.69. The average molecular weight is 222 g/mol. The van der Waals surface area contributed by atoms with Crippen molar-refractivity contribution in [1.82, 2.24) is 0 Å². The summed E-state index contributed by atoms with van der Waals surface area (Å²) in [6.45, 7) is 0. The van der Waals surface area contributed by atoms with Crippen LogP contribution in [0.2, 0.25) is 0 Å². The van der Waals surface area contributed by atoms with E-state index in [1.165, 1.54) is 19.6 Å². The van der Waals surface area contributed by atoms with Crippen LogP contribution < -0.4 is 4.74 Å². The Balaban J connectivity index is 1.96. The van der Waals surface area contributed by atoms with E-state index in [1.54, 1.807) is 12.1 Å². The van der Waals surface area contributed by atoms with Crippen molar-refractivity contribution in [2.75, 3.05) is 7.11 Å². The topological polar surface area (TPSA) is 29.5 Å². The van der Waals surface area contributed by atoms with Gasteiger partial charge in [-0.25, -0.2) is 4.39 Å². The monoisotopic (exact) mass is 222 g/mol. The van der Waals surface area contributed by atoms with Crippen molar-refractivity contribution in [3.63, 3.8) is 0 Å². The molecule has 0 saturated heterocycles. The van der Waals surface area contributed by atoms with Gasteiger partial charge < -0.3 is 9.84 Å². The fourth-order valence-corrected chi connectivity index (χ4v) is 3.26. The highest BCUT2D eigenvalue weighted by molar-refractivity contribution is 5.39. The molecule has 2 atom stereocenters. The van der Waals surface area contributed by atoms with Gasteiger partial charge in [0.25, 0.3) is 0 Å². The molecule has 0 spiro atoms. The van der Waals surface area contributed by atoms with Gasteiger partial charge in [0.1, 0.15) is 0 Å². The van der Waals surface area contributed by atoms with Gasteiger partial charge in [-0.1, -0.05) is 12.5 Å². The van der Waals surface area contributed by atoms with Gasteiger partial charge in [0, 0.05) is 0 Å². The number of hydrogen-bond acceptors (Lipinski definition) is 2. The van der Waals surface area contributed by atoms with Crippen LogP contribution in [0.15, 0.2) is 18.2 Å². The van der Waals surface area contributed by atoms with E-state index >= 15 is 0 Å². The van der Waals surface area contributed by atoms with Gasteiger partial charge in [0.2, 0.25) is 0 Å². The van der Waals surface area contributed by atoms with Gasteiger partial charge in [-0.15, -0.1) is 0 Å². The summed E-state index contributed by atoms with van der Waals surface area (Å²) in [7, 11) is 1.44. The largest absolute Gasteiger partial charge is 0.494 e. The van der Waals surface area contributed by atoms with Crippen molar-refractivity contribution < 1.29 is 14.2 Å². The van der Waals surface area contributed by atoms with E-state index in [9.17, 15) is 9.50 Å². The summed E-state index contributed by atoms with van der Waals surface area (Å²) in [5, 5.41) is 10.5. The van der Waals surface area contributed by atoms with Crippen molar-refractivity contribution in [3.05, 3.63) is 29.6 Å². The molecule has 3 rings (SSSR count). The number of fused-ring (bicyclic) bond motifs is 1. The summed E-state index contributed by atoms with van der Waals surface area (Å²) in [6.07, 6.45) is 3.37. The van der Waals surface area contributed by atoms with Crippen LogP contribution in [0.25, 0.3) is 0 Å². The number of halogens is 1. The molecule has 3 heteroatoms. The third kappa shape index (κ3) is 1.15. The van der Waals surface area contributed by atoms with Gasteiger partial charge >= 0.3 is 0 Å². The zero-order chi connectivity index (χ0) is 11.3. The van der Waals surface area contributed by atoms with Crippen LogP contribution in [-0.2, 0) is 5.60 Å². The number of aliphatic hydroxyl groups is 1. The molecule has 2 fully saturated rings. The van der Waals surface area contributed by atoms with Gasteiger partial charge in [-0.3, -0.25) is 0 Å². The molecule has 0 amide bonds. The van der Waals surface area contributed by atoms with Crippen LogP contribution in [0.3, 0.4) is 0 Å². The smallest absolute Gasteiger partial charge is 0.165 e. The zero-order valence-electron chi connectivity index (χ0n) is 9.24. The number of ether oxygens (including phenoxy) is 1. The van der Waals surface area contributed by atoms with Crippen molar-refractivity contribution >= 4 is 0 Å². The summed E-state index contributed by atoms with van der Waals surface area (Å²) in [6, 6.07) is 4.68. The van der Waals surface area contributed by atoms with Gasteiger partial charge in [0.15, 0.2) is 11.6 Å². The molecule has 0 aromatic heterocycles. The third-order valence-corrected chi connectivity index (χ3v) is 4.15. The Morgan fingerprint density at radius 2 is 2.06 bits per heavy atom. The van der Waals surface area contributed by atoms with Crippen molar-refractivity contribution in [2.24, 2.45) is 11.8 Å². The maximum Gasteiger partial charge on any atom is 0.165 e. The van der Waals surface area contributed by atoms with Crippen molar-refractivity contribution in [2.45, 2.75) is 24.9 Å². The van der Waals surface area contributed by atoms with Crippen molar-refractivity contribution in [3.8, 4) is 5.75 Å².